The van der Waals surface area contributed by atoms with E-state index < -0.39 is 60.2 Å². The minimum atomic E-state index is -1.56. The minimum Gasteiger partial charge on any atom is -0.481 e. The molecule has 1 aromatic carbocycles. The third kappa shape index (κ3) is 10.4. The molecule has 0 heterocycles. The molecule has 34 heavy (non-hydrogen) atoms. The van der Waals surface area contributed by atoms with Crippen molar-refractivity contribution < 1.29 is 34.2 Å². The highest BCUT2D eigenvalue weighted by molar-refractivity contribution is 7.98. The quantitative estimate of drug-likeness (QED) is 0.148. The number of carbonyl (C=O) groups excluding carboxylic acids is 3. The van der Waals surface area contributed by atoms with Crippen molar-refractivity contribution in [1.29, 1.82) is 0 Å². The summed E-state index contributed by atoms with van der Waals surface area (Å²) in [7, 11) is 0. The lowest BCUT2D eigenvalue weighted by atomic mass is 10.1. The number of amides is 3. The topological polar surface area (TPSA) is 188 Å². The first-order valence-electron chi connectivity index (χ1n) is 10.3. The van der Waals surface area contributed by atoms with Gasteiger partial charge < -0.3 is 31.9 Å². The summed E-state index contributed by atoms with van der Waals surface area (Å²) in [6, 6.07) is 4.14. The van der Waals surface area contributed by atoms with Crippen molar-refractivity contribution in [3.63, 3.8) is 0 Å². The fourth-order valence-corrected chi connectivity index (χ4v) is 3.58. The number of thioether (sulfide) groups is 1. The highest BCUT2D eigenvalue weighted by atomic mass is 32.2. The zero-order chi connectivity index (χ0) is 25.7. The van der Waals surface area contributed by atoms with Gasteiger partial charge in [0.1, 0.15) is 18.1 Å². The van der Waals surface area contributed by atoms with Crippen LogP contribution in [0.2, 0.25) is 0 Å². The van der Waals surface area contributed by atoms with Crippen molar-refractivity contribution >= 4 is 54.1 Å². The van der Waals surface area contributed by atoms with Gasteiger partial charge in [-0.05, 0) is 30.4 Å². The molecule has 4 atom stereocenters. The Morgan fingerprint density at radius 2 is 1.50 bits per heavy atom. The molecule has 0 saturated heterocycles. The van der Waals surface area contributed by atoms with E-state index >= 15 is 0 Å². The molecule has 0 aromatic heterocycles. The van der Waals surface area contributed by atoms with Gasteiger partial charge in [0.2, 0.25) is 17.7 Å². The third-order valence-electron chi connectivity index (χ3n) is 4.69. The monoisotopic (exact) mass is 514 g/mol. The number of carbonyl (C=O) groups is 5. The van der Waals surface area contributed by atoms with Gasteiger partial charge in [-0.15, -0.1) is 0 Å². The molecular weight excluding hydrogens is 484 g/mol. The predicted molar refractivity (Wildman–Crippen MR) is 131 cm³/mol. The number of rotatable bonds is 15. The molecule has 1 aromatic rings. The van der Waals surface area contributed by atoms with Crippen LogP contribution in [0.25, 0.3) is 0 Å². The van der Waals surface area contributed by atoms with Gasteiger partial charge >= 0.3 is 11.9 Å². The number of nitrogens with two attached hydrogens (primary N) is 1. The summed E-state index contributed by atoms with van der Waals surface area (Å²) < 4.78 is 0. The maximum absolute atomic E-state index is 12.9. The van der Waals surface area contributed by atoms with E-state index in [1.165, 1.54) is 11.8 Å². The van der Waals surface area contributed by atoms with Gasteiger partial charge in [-0.2, -0.15) is 24.4 Å². The summed E-state index contributed by atoms with van der Waals surface area (Å²) >= 11 is 5.27. The van der Waals surface area contributed by atoms with Crippen LogP contribution in [0.1, 0.15) is 18.4 Å². The van der Waals surface area contributed by atoms with Gasteiger partial charge in [0, 0.05) is 5.75 Å². The summed E-state index contributed by atoms with van der Waals surface area (Å²) in [5.41, 5.74) is 6.83. The molecule has 0 bridgehead atoms. The lowest BCUT2D eigenvalue weighted by molar-refractivity contribution is -0.143. The molecule has 1 rings (SSSR count). The van der Waals surface area contributed by atoms with Crippen LogP contribution < -0.4 is 21.7 Å². The van der Waals surface area contributed by atoms with E-state index in [4.69, 9.17) is 15.9 Å². The molecular formula is C21H30N4O7S2. The SMILES string of the molecule is CSCCC(NC(=O)C(N)Cc1ccccc1)C(=O)NC(CC(=O)O)C(=O)NC(CS)C(=O)O. The van der Waals surface area contributed by atoms with Crippen molar-refractivity contribution in [2.45, 2.75) is 43.4 Å². The highest BCUT2D eigenvalue weighted by Crippen LogP contribution is 2.06. The molecule has 0 aliphatic heterocycles. The number of carboxylic acid groups (broad SMARTS) is 2. The number of carboxylic acids is 2. The van der Waals surface area contributed by atoms with Gasteiger partial charge in [-0.25, -0.2) is 4.79 Å². The number of hydrogen-bond acceptors (Lipinski definition) is 8. The Morgan fingerprint density at radius 3 is 2.03 bits per heavy atom. The Kier molecular flexibility index (Phi) is 13.1. The van der Waals surface area contributed by atoms with Crippen LogP contribution in [-0.4, -0.2) is 81.8 Å². The van der Waals surface area contributed by atoms with Gasteiger partial charge in [-0.1, -0.05) is 30.3 Å². The summed E-state index contributed by atoms with van der Waals surface area (Å²) in [6.07, 6.45) is 1.47. The van der Waals surface area contributed by atoms with E-state index in [-0.39, 0.29) is 18.6 Å². The van der Waals surface area contributed by atoms with E-state index in [1.807, 2.05) is 36.6 Å². The second-order valence-electron chi connectivity index (χ2n) is 7.38. The minimum absolute atomic E-state index is 0.201. The molecule has 0 aliphatic rings. The average Bonchev–Trinajstić information content (AvgIpc) is 2.79. The Hall–Kier alpha value is -2.77. The molecule has 0 radical (unpaired) electrons. The fraction of sp³-hybridized carbons (Fsp3) is 0.476. The van der Waals surface area contributed by atoms with Crippen LogP contribution in [0.3, 0.4) is 0 Å². The van der Waals surface area contributed by atoms with E-state index in [0.717, 1.165) is 5.56 Å². The van der Waals surface area contributed by atoms with Crippen LogP contribution in [0.5, 0.6) is 0 Å². The van der Waals surface area contributed by atoms with Gasteiger partial charge in [-0.3, -0.25) is 19.2 Å². The molecule has 11 nitrogen and oxygen atoms in total. The zero-order valence-electron chi connectivity index (χ0n) is 18.6. The maximum Gasteiger partial charge on any atom is 0.327 e. The first kappa shape index (κ1) is 29.3. The highest BCUT2D eigenvalue weighted by Gasteiger charge is 2.31. The summed E-state index contributed by atoms with van der Waals surface area (Å²) in [5, 5.41) is 25.2. The Balaban J connectivity index is 2.91. The second-order valence-corrected chi connectivity index (χ2v) is 8.73. The maximum atomic E-state index is 12.9. The van der Waals surface area contributed by atoms with E-state index in [1.54, 1.807) is 0 Å². The van der Waals surface area contributed by atoms with Crippen molar-refractivity contribution in [3.8, 4) is 0 Å². The van der Waals surface area contributed by atoms with E-state index in [0.29, 0.717) is 5.75 Å². The number of thiol groups is 1. The molecule has 0 spiro atoms. The summed E-state index contributed by atoms with van der Waals surface area (Å²) in [5.74, 6) is -4.84. The molecule has 7 N–H and O–H groups in total. The Labute approximate surface area is 207 Å². The summed E-state index contributed by atoms with van der Waals surface area (Å²) in [6.45, 7) is 0. The molecule has 4 unspecified atom stereocenters. The molecule has 13 heteroatoms. The number of nitrogens with one attached hydrogen (secondary N) is 3. The molecule has 188 valence electrons. The lowest BCUT2D eigenvalue weighted by Crippen LogP contribution is -2.58. The molecule has 3 amide bonds. The van der Waals surface area contributed by atoms with Crippen molar-refractivity contribution in [2.75, 3.05) is 17.8 Å². The van der Waals surface area contributed by atoms with Crippen molar-refractivity contribution in [1.82, 2.24) is 16.0 Å². The van der Waals surface area contributed by atoms with Crippen LogP contribution in [0.4, 0.5) is 0 Å². The first-order valence-corrected chi connectivity index (χ1v) is 12.4. The number of benzene rings is 1. The average molecular weight is 515 g/mol. The van der Waals surface area contributed by atoms with Crippen LogP contribution in [0, 0.1) is 0 Å². The van der Waals surface area contributed by atoms with E-state index in [2.05, 4.69) is 28.6 Å². The van der Waals surface area contributed by atoms with Crippen molar-refractivity contribution in [3.05, 3.63) is 35.9 Å². The van der Waals surface area contributed by atoms with Crippen LogP contribution in [-0.2, 0) is 30.4 Å². The molecule has 0 saturated carbocycles. The second kappa shape index (κ2) is 15.2. The van der Waals surface area contributed by atoms with Crippen molar-refractivity contribution in [2.24, 2.45) is 5.73 Å². The standard InChI is InChI=1S/C21H30N4O7S2/c1-34-8-7-14(23-18(28)13(22)9-12-5-3-2-4-6-12)19(29)24-15(10-17(26)27)20(30)25-16(11-33)21(31)32/h2-6,13-16,33H,7-11,22H2,1H3,(H,23,28)(H,24,29)(H,25,30)(H,26,27)(H,31,32). The van der Waals surface area contributed by atoms with Gasteiger partial charge in [0.15, 0.2) is 0 Å². The fourth-order valence-electron chi connectivity index (χ4n) is 2.86. The first-order chi connectivity index (χ1) is 16.1. The number of hydrogen-bond donors (Lipinski definition) is 7. The smallest absolute Gasteiger partial charge is 0.327 e. The third-order valence-corrected chi connectivity index (χ3v) is 5.70. The zero-order valence-corrected chi connectivity index (χ0v) is 20.3. The normalized spacial score (nSPS) is 14.2. The number of aliphatic carboxylic acids is 2. The Bertz CT molecular complexity index is 857. The van der Waals surface area contributed by atoms with Gasteiger partial charge in [0.05, 0.1) is 12.5 Å². The summed E-state index contributed by atoms with van der Waals surface area (Å²) in [4.78, 5) is 60.3. The predicted octanol–water partition coefficient (Wildman–Crippen LogP) is -0.747. The molecule has 0 fully saturated rings. The van der Waals surface area contributed by atoms with Crippen LogP contribution in [0.15, 0.2) is 30.3 Å². The van der Waals surface area contributed by atoms with Crippen LogP contribution >= 0.6 is 24.4 Å². The molecule has 0 aliphatic carbocycles. The lowest BCUT2D eigenvalue weighted by Gasteiger charge is -2.24. The largest absolute Gasteiger partial charge is 0.481 e. The van der Waals surface area contributed by atoms with Gasteiger partial charge in [0.25, 0.3) is 0 Å². The Morgan fingerprint density at radius 1 is 0.941 bits per heavy atom. The van der Waals surface area contributed by atoms with E-state index in [9.17, 15) is 24.0 Å².